The van der Waals surface area contributed by atoms with E-state index in [2.05, 4.69) is 130 Å². The lowest BCUT2D eigenvalue weighted by atomic mass is 9.92. The molecule has 0 aliphatic carbocycles. The van der Waals surface area contributed by atoms with Gasteiger partial charge in [-0.3, -0.25) is 4.79 Å². The van der Waals surface area contributed by atoms with Crippen LogP contribution in [0.2, 0.25) is 0 Å². The normalized spacial score (nSPS) is 11.8. The highest BCUT2D eigenvalue weighted by Gasteiger charge is 2.22. The molecule has 3 N–H and O–H groups in total. The van der Waals surface area contributed by atoms with Crippen LogP contribution in [-0.2, 0) is 4.74 Å². The maximum absolute atomic E-state index is 13.2. The molecule has 8 aromatic rings. The van der Waals surface area contributed by atoms with Crippen LogP contribution in [0.15, 0.2) is 127 Å². The van der Waals surface area contributed by atoms with E-state index in [-0.39, 0.29) is 5.91 Å². The molecule has 328 valence electrons. The van der Waals surface area contributed by atoms with E-state index in [0.29, 0.717) is 16.8 Å². The minimum Gasteiger partial charge on any atom is -0.465 e. The summed E-state index contributed by atoms with van der Waals surface area (Å²) >= 11 is 0. The lowest BCUT2D eigenvalue weighted by Crippen LogP contribution is -2.11. The van der Waals surface area contributed by atoms with E-state index in [0.717, 1.165) is 112 Å². The van der Waals surface area contributed by atoms with Crippen molar-refractivity contribution in [2.75, 3.05) is 12.4 Å². The third-order valence-corrected chi connectivity index (χ3v) is 12.7. The fraction of sp³-hybridized carbons (Fsp3) is 0.119. The van der Waals surface area contributed by atoms with Crippen LogP contribution >= 0.6 is 0 Å². The monoisotopic (exact) mass is 875 g/mol. The Morgan fingerprint density at radius 2 is 0.836 bits per heavy atom. The van der Waals surface area contributed by atoms with Gasteiger partial charge in [-0.05, 0) is 171 Å². The number of methoxy groups -OCH3 is 1. The fourth-order valence-electron chi connectivity index (χ4n) is 9.89. The zero-order valence-electron chi connectivity index (χ0n) is 38.6. The Kier molecular flexibility index (Phi) is 10.9. The van der Waals surface area contributed by atoms with E-state index in [1.165, 1.54) is 18.2 Å². The summed E-state index contributed by atoms with van der Waals surface area (Å²) in [5.41, 5.74) is 23.2. The van der Waals surface area contributed by atoms with Gasteiger partial charge in [-0.15, -0.1) is 0 Å². The van der Waals surface area contributed by atoms with Gasteiger partial charge in [0.05, 0.1) is 35.4 Å². The highest BCUT2D eigenvalue weighted by atomic mass is 16.5. The van der Waals surface area contributed by atoms with Crippen molar-refractivity contribution in [1.82, 2.24) is 19.9 Å². The minimum absolute atomic E-state index is 0.172. The quantitative estimate of drug-likeness (QED) is 0.138. The number of aromatic amines is 2. The molecule has 0 radical (unpaired) electrons. The Balaban J connectivity index is 1.31. The van der Waals surface area contributed by atoms with Crippen molar-refractivity contribution in [3.63, 3.8) is 0 Å². The molecular weight excluding hydrogens is 827 g/mol. The molecule has 5 heterocycles. The first-order chi connectivity index (χ1) is 32.4. The van der Waals surface area contributed by atoms with Crippen LogP contribution in [0.25, 0.3) is 90.9 Å². The zero-order valence-corrected chi connectivity index (χ0v) is 38.6. The number of aromatic nitrogens is 4. The van der Waals surface area contributed by atoms with Gasteiger partial charge in [-0.25, -0.2) is 14.8 Å². The molecule has 2 aliphatic rings. The van der Waals surface area contributed by atoms with Gasteiger partial charge in [0, 0.05) is 55.6 Å². The molecule has 1 amide bonds. The molecule has 8 heteroatoms. The molecule has 0 fully saturated rings. The topological polar surface area (TPSA) is 113 Å². The number of anilines is 1. The Bertz CT molecular complexity index is 3450. The Morgan fingerprint density at radius 3 is 1.25 bits per heavy atom. The first-order valence-corrected chi connectivity index (χ1v) is 22.4. The van der Waals surface area contributed by atoms with Crippen molar-refractivity contribution in [3.8, 4) is 44.5 Å². The smallest absolute Gasteiger partial charge is 0.337 e. The highest BCUT2D eigenvalue weighted by Crippen LogP contribution is 2.41. The van der Waals surface area contributed by atoms with Gasteiger partial charge in [-0.1, -0.05) is 77.9 Å². The van der Waals surface area contributed by atoms with Crippen LogP contribution in [-0.4, -0.2) is 38.9 Å². The summed E-state index contributed by atoms with van der Waals surface area (Å²) in [6.45, 7) is 12.9. The molecule has 0 atom stereocenters. The van der Waals surface area contributed by atoms with Crippen molar-refractivity contribution < 1.29 is 14.3 Å². The first-order valence-electron chi connectivity index (χ1n) is 22.4. The number of carbonyl (C=O) groups excluding carboxylic acids is 2. The summed E-state index contributed by atoms with van der Waals surface area (Å²) in [5.74, 6) is -0.567. The van der Waals surface area contributed by atoms with E-state index < -0.39 is 5.97 Å². The number of carbonyl (C=O) groups is 2. The van der Waals surface area contributed by atoms with Crippen molar-refractivity contribution in [3.05, 3.63) is 195 Å². The van der Waals surface area contributed by atoms with E-state index in [1.54, 1.807) is 24.3 Å². The molecule has 3 aromatic heterocycles. The second kappa shape index (κ2) is 17.2. The number of esters is 1. The number of benzene rings is 5. The predicted molar refractivity (Wildman–Crippen MR) is 275 cm³/mol. The third-order valence-electron chi connectivity index (χ3n) is 12.7. The molecule has 2 aliphatic heterocycles. The number of H-pyrrole nitrogens is 2. The van der Waals surface area contributed by atoms with Gasteiger partial charge >= 0.3 is 5.97 Å². The fourth-order valence-corrected chi connectivity index (χ4v) is 9.89. The Hall–Kier alpha value is -8.36. The maximum Gasteiger partial charge on any atom is 0.337 e. The van der Waals surface area contributed by atoms with Crippen LogP contribution in [0.5, 0.6) is 0 Å². The molecule has 5 aromatic carbocycles. The molecule has 0 spiro atoms. The molecule has 10 rings (SSSR count). The number of hydrogen-bond acceptors (Lipinski definition) is 5. The largest absolute Gasteiger partial charge is 0.465 e. The molecule has 8 nitrogen and oxygen atoms in total. The summed E-state index contributed by atoms with van der Waals surface area (Å²) in [4.78, 5) is 44.5. The SMILES string of the molecule is COC(=O)c1ccc(-c2c3nc(c(-c4c(C)cc(C)cc4C)c4ccc([nH]4)c(-c4ccc(NC(=O)c5ccccc5)cc4)c4nc(c(-c5c(C)cc(C)cc5C)c5ccc2[nH]5)C=C4)C=C3)cc1. The van der Waals surface area contributed by atoms with Gasteiger partial charge in [0.15, 0.2) is 0 Å². The first kappa shape index (κ1) is 42.6. The lowest BCUT2D eigenvalue weighted by molar-refractivity contribution is 0.0600. The van der Waals surface area contributed by atoms with Crippen LogP contribution in [0, 0.1) is 41.5 Å². The van der Waals surface area contributed by atoms with Crippen molar-refractivity contribution in [1.29, 1.82) is 0 Å². The van der Waals surface area contributed by atoms with E-state index in [1.807, 2.05) is 54.6 Å². The number of nitrogens with one attached hydrogen (secondary N) is 3. The van der Waals surface area contributed by atoms with Gasteiger partial charge in [0.1, 0.15) is 0 Å². The van der Waals surface area contributed by atoms with Gasteiger partial charge < -0.3 is 20.0 Å². The predicted octanol–water partition coefficient (Wildman–Crippen LogP) is 14.2. The Morgan fingerprint density at radius 1 is 0.448 bits per heavy atom. The molecule has 0 saturated heterocycles. The molecular formula is C59H49N5O3. The van der Waals surface area contributed by atoms with Crippen molar-refractivity contribution in [2.45, 2.75) is 41.5 Å². The maximum atomic E-state index is 13.2. The summed E-state index contributed by atoms with van der Waals surface area (Å²) in [7, 11) is 1.39. The second-order valence-electron chi connectivity index (χ2n) is 17.5. The number of nitrogens with zero attached hydrogens (tertiary/aromatic N) is 2. The minimum atomic E-state index is -0.395. The summed E-state index contributed by atoms with van der Waals surface area (Å²) in [6.07, 6.45) is 8.39. The van der Waals surface area contributed by atoms with Gasteiger partial charge in [0.2, 0.25) is 0 Å². The molecule has 67 heavy (non-hydrogen) atoms. The van der Waals surface area contributed by atoms with Gasteiger partial charge in [-0.2, -0.15) is 0 Å². The van der Waals surface area contributed by atoms with E-state index >= 15 is 0 Å². The van der Waals surface area contributed by atoms with Crippen LogP contribution in [0.1, 0.15) is 76.9 Å². The molecule has 0 saturated carbocycles. The molecule has 8 bridgehead atoms. The Labute approximate surface area is 389 Å². The van der Waals surface area contributed by atoms with Crippen molar-refractivity contribution >= 4 is 63.9 Å². The number of rotatable bonds is 7. The zero-order chi connectivity index (χ0) is 46.5. The number of ether oxygens (including phenoxy) is 1. The van der Waals surface area contributed by atoms with Gasteiger partial charge in [0.25, 0.3) is 5.91 Å². The average Bonchev–Trinajstić information content (AvgIpc) is 4.17. The van der Waals surface area contributed by atoms with E-state index in [4.69, 9.17) is 14.7 Å². The van der Waals surface area contributed by atoms with Crippen molar-refractivity contribution in [2.24, 2.45) is 0 Å². The molecule has 0 unspecified atom stereocenters. The number of aryl methyl sites for hydroxylation is 6. The number of fused-ring (bicyclic) bond motifs is 8. The van der Waals surface area contributed by atoms with E-state index in [9.17, 15) is 9.59 Å². The standard InChI is InChI=1S/C59H49N5O3/c1-33-29-35(3)52(36(4)30-33)56-48-25-21-44(61-48)54(39-13-15-42(16-14-39)59(66)67-7)45-22-26-49(62-45)57(53-37(5)31-34(2)32-38(53)6)51-28-24-47(64-51)55(46-23-27-50(56)63-46)40-17-19-43(20-18-40)60-58(65)41-11-9-8-10-12-41/h8-32,61,64H,1-7H3,(H,60,65). The van der Waals surface area contributed by atoms with Crippen LogP contribution in [0.4, 0.5) is 5.69 Å². The summed E-state index contributed by atoms with van der Waals surface area (Å²) in [5, 5.41) is 3.06. The highest BCUT2D eigenvalue weighted by molar-refractivity contribution is 6.05. The summed E-state index contributed by atoms with van der Waals surface area (Å²) in [6, 6.07) is 42.1. The number of amides is 1. The average molecular weight is 876 g/mol. The second-order valence-corrected chi connectivity index (χ2v) is 17.5. The summed E-state index contributed by atoms with van der Waals surface area (Å²) < 4.78 is 5.05. The third kappa shape index (κ3) is 7.97. The lowest BCUT2D eigenvalue weighted by Gasteiger charge is -2.13. The van der Waals surface area contributed by atoms with Crippen LogP contribution < -0.4 is 5.32 Å². The number of hydrogen-bond donors (Lipinski definition) is 3. The van der Waals surface area contributed by atoms with Crippen LogP contribution in [0.3, 0.4) is 0 Å².